The summed E-state index contributed by atoms with van der Waals surface area (Å²) in [4.78, 5) is 11.0. The number of benzene rings is 1. The summed E-state index contributed by atoms with van der Waals surface area (Å²) in [7, 11) is 1.42. The molecule has 4 nitrogen and oxygen atoms in total. The van der Waals surface area contributed by atoms with Crippen molar-refractivity contribution >= 4 is 0 Å². The zero-order valence-corrected chi connectivity index (χ0v) is 10.5. The Hall–Kier alpha value is -2.14. The third-order valence-electron chi connectivity index (χ3n) is 2.87. The average Bonchev–Trinajstić information content (AvgIpc) is 2.41. The molecule has 2 rings (SSSR count). The van der Waals surface area contributed by atoms with E-state index in [0.717, 1.165) is 0 Å². The Bertz CT molecular complexity index is 605. The standard InChI is InChI=1S/C14H15FN2O2/c1-19-14-3-2-10(8-12(14)15)13(16)9-17-6-4-11(18)5-7-17/h2-8,13H,9,16H2,1H3. The molecule has 2 aromatic rings. The second-order valence-corrected chi connectivity index (χ2v) is 4.23. The highest BCUT2D eigenvalue weighted by Gasteiger charge is 2.10. The van der Waals surface area contributed by atoms with Gasteiger partial charge < -0.3 is 15.0 Å². The minimum atomic E-state index is -0.435. The molecule has 19 heavy (non-hydrogen) atoms. The number of hydrogen-bond acceptors (Lipinski definition) is 3. The van der Waals surface area contributed by atoms with Crippen LogP contribution in [0.5, 0.6) is 5.75 Å². The highest BCUT2D eigenvalue weighted by molar-refractivity contribution is 5.30. The fourth-order valence-electron chi connectivity index (χ4n) is 1.81. The first kappa shape index (κ1) is 13.3. The quantitative estimate of drug-likeness (QED) is 0.912. The van der Waals surface area contributed by atoms with E-state index in [9.17, 15) is 9.18 Å². The molecule has 0 saturated carbocycles. The molecule has 1 aromatic carbocycles. The molecule has 0 bridgehead atoms. The van der Waals surface area contributed by atoms with Crippen LogP contribution in [-0.2, 0) is 6.54 Å². The third kappa shape index (κ3) is 3.20. The van der Waals surface area contributed by atoms with E-state index in [1.807, 2.05) is 0 Å². The van der Waals surface area contributed by atoms with Crippen molar-refractivity contribution in [3.63, 3.8) is 0 Å². The number of aromatic nitrogens is 1. The Morgan fingerprint density at radius 3 is 2.58 bits per heavy atom. The SMILES string of the molecule is COc1ccc(C(N)Cn2ccc(=O)cc2)cc1F. The van der Waals surface area contributed by atoms with Crippen molar-refractivity contribution in [1.29, 1.82) is 0 Å². The van der Waals surface area contributed by atoms with Gasteiger partial charge in [0.1, 0.15) is 0 Å². The summed E-state index contributed by atoms with van der Waals surface area (Å²) in [6.07, 6.45) is 3.31. The third-order valence-corrected chi connectivity index (χ3v) is 2.87. The molecule has 0 aliphatic rings. The molecule has 0 amide bonds. The summed E-state index contributed by atoms with van der Waals surface area (Å²) in [6, 6.07) is 7.21. The maximum absolute atomic E-state index is 13.6. The molecule has 0 aliphatic heterocycles. The molecule has 100 valence electrons. The molecule has 0 fully saturated rings. The van der Waals surface area contributed by atoms with E-state index in [0.29, 0.717) is 12.1 Å². The average molecular weight is 262 g/mol. The Labute approximate surface area is 110 Å². The Morgan fingerprint density at radius 2 is 2.00 bits per heavy atom. The molecule has 1 atom stereocenters. The van der Waals surface area contributed by atoms with E-state index < -0.39 is 5.82 Å². The first-order valence-electron chi connectivity index (χ1n) is 5.85. The highest BCUT2D eigenvalue weighted by Crippen LogP contribution is 2.21. The van der Waals surface area contributed by atoms with Crippen molar-refractivity contribution in [2.45, 2.75) is 12.6 Å². The molecule has 0 aliphatic carbocycles. The molecule has 2 N–H and O–H groups in total. The van der Waals surface area contributed by atoms with Gasteiger partial charge in [0.2, 0.25) is 0 Å². The summed E-state index contributed by atoms with van der Waals surface area (Å²) in [5.41, 5.74) is 6.64. The molecule has 1 unspecified atom stereocenters. The Balaban J connectivity index is 2.15. The lowest BCUT2D eigenvalue weighted by Gasteiger charge is -2.15. The molecular weight excluding hydrogens is 247 g/mol. The second kappa shape index (κ2) is 5.67. The maximum atomic E-state index is 13.6. The summed E-state index contributed by atoms with van der Waals surface area (Å²) in [6.45, 7) is 0.464. The highest BCUT2D eigenvalue weighted by atomic mass is 19.1. The van der Waals surface area contributed by atoms with Crippen LogP contribution in [0.25, 0.3) is 0 Å². The van der Waals surface area contributed by atoms with E-state index >= 15 is 0 Å². The van der Waals surface area contributed by atoms with Gasteiger partial charge in [-0.3, -0.25) is 4.79 Å². The minimum Gasteiger partial charge on any atom is -0.494 e. The smallest absolute Gasteiger partial charge is 0.181 e. The summed E-state index contributed by atoms with van der Waals surface area (Å²) < 4.78 is 20.2. The van der Waals surface area contributed by atoms with Crippen LogP contribution in [0, 0.1) is 5.82 Å². The number of ether oxygens (including phenoxy) is 1. The van der Waals surface area contributed by atoms with Crippen LogP contribution < -0.4 is 15.9 Å². The Kier molecular flexibility index (Phi) is 3.97. The lowest BCUT2D eigenvalue weighted by atomic mass is 10.1. The van der Waals surface area contributed by atoms with Crippen LogP contribution in [0.2, 0.25) is 0 Å². The van der Waals surface area contributed by atoms with Crippen LogP contribution in [0.4, 0.5) is 4.39 Å². The van der Waals surface area contributed by atoms with Crippen molar-refractivity contribution < 1.29 is 9.13 Å². The molecule has 0 saturated heterocycles. The minimum absolute atomic E-state index is 0.0553. The monoisotopic (exact) mass is 262 g/mol. The predicted molar refractivity (Wildman–Crippen MR) is 70.6 cm³/mol. The van der Waals surface area contributed by atoms with Gasteiger partial charge in [-0.25, -0.2) is 4.39 Å². The van der Waals surface area contributed by atoms with E-state index in [1.54, 1.807) is 29.1 Å². The largest absolute Gasteiger partial charge is 0.494 e. The molecule has 1 aromatic heterocycles. The number of rotatable bonds is 4. The summed E-state index contributed by atoms with van der Waals surface area (Å²) in [5, 5.41) is 0. The van der Waals surface area contributed by atoms with Gasteiger partial charge in [-0.15, -0.1) is 0 Å². The van der Waals surface area contributed by atoms with Gasteiger partial charge in [0.15, 0.2) is 17.0 Å². The van der Waals surface area contributed by atoms with Crippen LogP contribution in [-0.4, -0.2) is 11.7 Å². The predicted octanol–water partition coefficient (Wildman–Crippen LogP) is 1.70. The van der Waals surface area contributed by atoms with Crippen LogP contribution >= 0.6 is 0 Å². The van der Waals surface area contributed by atoms with E-state index in [4.69, 9.17) is 10.5 Å². The fraction of sp³-hybridized carbons (Fsp3) is 0.214. The second-order valence-electron chi connectivity index (χ2n) is 4.23. The number of methoxy groups -OCH3 is 1. The van der Waals surface area contributed by atoms with Crippen LogP contribution in [0.1, 0.15) is 11.6 Å². The van der Waals surface area contributed by atoms with Gasteiger partial charge in [0.05, 0.1) is 7.11 Å². The topological polar surface area (TPSA) is 57.2 Å². The van der Waals surface area contributed by atoms with Gasteiger partial charge >= 0.3 is 0 Å². The van der Waals surface area contributed by atoms with Gasteiger partial charge in [-0.05, 0) is 17.7 Å². The first-order chi connectivity index (χ1) is 9.10. The lowest BCUT2D eigenvalue weighted by molar-refractivity contribution is 0.385. The van der Waals surface area contributed by atoms with Gasteiger partial charge in [-0.2, -0.15) is 0 Å². The zero-order chi connectivity index (χ0) is 13.8. The molecule has 0 spiro atoms. The number of nitrogens with two attached hydrogens (primary N) is 1. The van der Waals surface area contributed by atoms with Crippen molar-refractivity contribution in [3.8, 4) is 5.75 Å². The maximum Gasteiger partial charge on any atom is 0.181 e. The number of nitrogens with zero attached hydrogens (tertiary/aromatic N) is 1. The van der Waals surface area contributed by atoms with Gasteiger partial charge in [0, 0.05) is 37.1 Å². The van der Waals surface area contributed by atoms with Crippen molar-refractivity contribution in [1.82, 2.24) is 4.57 Å². The number of hydrogen-bond donors (Lipinski definition) is 1. The van der Waals surface area contributed by atoms with Gasteiger partial charge in [0.25, 0.3) is 0 Å². The number of pyridine rings is 1. The lowest BCUT2D eigenvalue weighted by Crippen LogP contribution is -2.18. The molecule has 0 radical (unpaired) electrons. The first-order valence-corrected chi connectivity index (χ1v) is 5.85. The molecule has 1 heterocycles. The van der Waals surface area contributed by atoms with Gasteiger partial charge in [-0.1, -0.05) is 6.07 Å². The van der Waals surface area contributed by atoms with E-state index in [-0.39, 0.29) is 17.2 Å². The molecular formula is C14H15FN2O2. The summed E-state index contributed by atoms with van der Waals surface area (Å²) in [5.74, 6) is -0.241. The zero-order valence-electron chi connectivity index (χ0n) is 10.5. The van der Waals surface area contributed by atoms with Crippen LogP contribution in [0.15, 0.2) is 47.5 Å². The normalized spacial score (nSPS) is 12.2. The van der Waals surface area contributed by atoms with E-state index in [1.165, 1.54) is 25.3 Å². The fourth-order valence-corrected chi connectivity index (χ4v) is 1.81. The van der Waals surface area contributed by atoms with Crippen molar-refractivity contribution in [2.75, 3.05) is 7.11 Å². The van der Waals surface area contributed by atoms with E-state index in [2.05, 4.69) is 0 Å². The summed E-state index contributed by atoms with van der Waals surface area (Å²) >= 11 is 0. The van der Waals surface area contributed by atoms with Crippen LogP contribution in [0.3, 0.4) is 0 Å². The van der Waals surface area contributed by atoms with Crippen molar-refractivity contribution in [2.24, 2.45) is 5.73 Å². The number of halogens is 1. The Morgan fingerprint density at radius 1 is 1.32 bits per heavy atom. The molecule has 5 heteroatoms. The van der Waals surface area contributed by atoms with Crippen molar-refractivity contribution in [3.05, 3.63) is 64.3 Å².